The predicted molar refractivity (Wildman–Crippen MR) is 43.4 cm³/mol. The van der Waals surface area contributed by atoms with E-state index in [1.165, 1.54) is 0 Å². The van der Waals surface area contributed by atoms with Crippen LogP contribution < -0.4 is 5.32 Å². The van der Waals surface area contributed by atoms with E-state index in [0.29, 0.717) is 6.61 Å². The molecule has 0 spiro atoms. The van der Waals surface area contributed by atoms with E-state index >= 15 is 0 Å². The van der Waals surface area contributed by atoms with Gasteiger partial charge in [0.2, 0.25) is 0 Å². The Morgan fingerprint density at radius 2 is 2.33 bits per heavy atom. The smallest absolute Gasteiger partial charge is 0.325 e. The van der Waals surface area contributed by atoms with Crippen molar-refractivity contribution in [1.82, 2.24) is 5.32 Å². The minimum Gasteiger partial charge on any atom is -0.465 e. The Morgan fingerprint density at radius 1 is 1.67 bits per heavy atom. The minimum atomic E-state index is -0.455. The van der Waals surface area contributed by atoms with Crippen LogP contribution >= 0.6 is 0 Å². The van der Waals surface area contributed by atoms with Crippen LogP contribution in [-0.2, 0) is 14.3 Å². The van der Waals surface area contributed by atoms with E-state index in [1.807, 2.05) is 0 Å². The summed E-state index contributed by atoms with van der Waals surface area (Å²) in [6.07, 6.45) is 1.11. The van der Waals surface area contributed by atoms with Gasteiger partial charge >= 0.3 is 5.97 Å². The fourth-order valence-corrected chi connectivity index (χ4v) is 0.515. The summed E-state index contributed by atoms with van der Waals surface area (Å²) in [6.45, 7) is 5.10. The minimum absolute atomic E-state index is 0.120. The van der Waals surface area contributed by atoms with Crippen LogP contribution in [0.25, 0.3) is 0 Å². The number of esters is 1. The Labute approximate surface area is 70.9 Å². The van der Waals surface area contributed by atoms with Crippen LogP contribution in [0.3, 0.4) is 0 Å². The molecule has 0 rings (SSSR count). The monoisotopic (exact) mass is 169 g/mol. The van der Waals surface area contributed by atoms with Crippen molar-refractivity contribution in [2.45, 2.75) is 6.92 Å². The molecule has 1 N–H and O–H groups in total. The van der Waals surface area contributed by atoms with E-state index in [1.54, 1.807) is 6.92 Å². The predicted octanol–water partition coefficient (Wildman–Crippen LogP) is 0.00680. The fourth-order valence-electron chi connectivity index (χ4n) is 0.515. The lowest BCUT2D eigenvalue weighted by Crippen LogP contribution is -2.29. The largest absolute Gasteiger partial charge is 0.465 e. The molecule has 0 heterocycles. The van der Waals surface area contributed by atoms with Gasteiger partial charge < -0.3 is 10.1 Å². The lowest BCUT2D eigenvalue weighted by Gasteiger charge is -2.00. The molecule has 12 heavy (non-hydrogen) atoms. The molecule has 0 saturated heterocycles. The van der Waals surface area contributed by atoms with Crippen molar-refractivity contribution in [3.05, 3.63) is 18.4 Å². The van der Waals surface area contributed by atoms with Gasteiger partial charge in [0.05, 0.1) is 6.61 Å². The van der Waals surface area contributed by atoms with Gasteiger partial charge in [-0.15, -0.1) is 5.73 Å². The summed E-state index contributed by atoms with van der Waals surface area (Å²) in [4.78, 5) is 21.3. The van der Waals surface area contributed by atoms with Gasteiger partial charge in [0.1, 0.15) is 6.54 Å². The molecular formula is C8H11NO3. The molecule has 0 unspecified atom stereocenters. The van der Waals surface area contributed by atoms with E-state index in [4.69, 9.17) is 0 Å². The summed E-state index contributed by atoms with van der Waals surface area (Å²) in [5.41, 5.74) is 2.28. The first-order chi connectivity index (χ1) is 5.70. The summed E-state index contributed by atoms with van der Waals surface area (Å²) in [5.74, 6) is -0.860. The van der Waals surface area contributed by atoms with Crippen LogP contribution in [0.1, 0.15) is 6.92 Å². The normalized spacial score (nSPS) is 8.08. The number of hydrogen-bond donors (Lipinski definition) is 1. The first kappa shape index (κ1) is 10.5. The number of nitrogens with one attached hydrogen (secondary N) is 1. The average molecular weight is 169 g/mol. The number of rotatable bonds is 4. The molecule has 4 heteroatoms. The summed E-state index contributed by atoms with van der Waals surface area (Å²) < 4.78 is 4.57. The van der Waals surface area contributed by atoms with Gasteiger partial charge in [0.25, 0.3) is 5.91 Å². The average Bonchev–Trinajstić information content (AvgIpc) is 2.02. The fraction of sp³-hybridized carbons (Fsp3) is 0.375. The number of amides is 1. The SMILES string of the molecule is C=C=CC(=O)NCC(=O)OCC. The molecule has 0 bridgehead atoms. The lowest BCUT2D eigenvalue weighted by molar-refractivity contribution is -0.143. The second-order valence-electron chi connectivity index (χ2n) is 1.87. The second-order valence-corrected chi connectivity index (χ2v) is 1.87. The Bertz CT molecular complexity index is 216. The summed E-state index contributed by atoms with van der Waals surface area (Å²) >= 11 is 0. The van der Waals surface area contributed by atoms with E-state index in [9.17, 15) is 9.59 Å². The molecule has 1 amide bonds. The number of hydrogen-bond acceptors (Lipinski definition) is 3. The third-order valence-electron chi connectivity index (χ3n) is 0.945. The lowest BCUT2D eigenvalue weighted by atomic mass is 10.5. The van der Waals surface area contributed by atoms with Crippen LogP contribution in [0.4, 0.5) is 0 Å². The summed E-state index contributed by atoms with van der Waals surface area (Å²) in [5, 5.41) is 2.30. The van der Waals surface area contributed by atoms with Gasteiger partial charge in [-0.25, -0.2) is 0 Å². The van der Waals surface area contributed by atoms with Crippen LogP contribution in [0.2, 0.25) is 0 Å². The molecular weight excluding hydrogens is 158 g/mol. The molecule has 0 saturated carbocycles. The Hall–Kier alpha value is -1.54. The molecule has 0 fully saturated rings. The van der Waals surface area contributed by atoms with Gasteiger partial charge in [0, 0.05) is 6.08 Å². The van der Waals surface area contributed by atoms with Crippen LogP contribution in [0, 0.1) is 0 Å². The van der Waals surface area contributed by atoms with Crippen molar-refractivity contribution < 1.29 is 14.3 Å². The first-order valence-corrected chi connectivity index (χ1v) is 3.50. The van der Waals surface area contributed by atoms with E-state index in [2.05, 4.69) is 22.4 Å². The zero-order valence-electron chi connectivity index (χ0n) is 6.92. The van der Waals surface area contributed by atoms with E-state index < -0.39 is 11.9 Å². The maximum absolute atomic E-state index is 10.7. The van der Waals surface area contributed by atoms with E-state index in [0.717, 1.165) is 6.08 Å². The van der Waals surface area contributed by atoms with Crippen LogP contribution in [-0.4, -0.2) is 25.0 Å². The van der Waals surface area contributed by atoms with Crippen molar-refractivity contribution in [2.75, 3.05) is 13.2 Å². The molecule has 66 valence electrons. The maximum Gasteiger partial charge on any atom is 0.325 e. The molecule has 0 atom stereocenters. The highest BCUT2D eigenvalue weighted by Gasteiger charge is 2.01. The standard InChI is InChI=1S/C8H11NO3/c1-3-5-7(10)9-6-8(11)12-4-2/h5H,1,4,6H2,2H3,(H,9,10). The summed E-state index contributed by atoms with van der Waals surface area (Å²) in [7, 11) is 0. The zero-order valence-corrected chi connectivity index (χ0v) is 6.92. The Morgan fingerprint density at radius 3 is 2.83 bits per heavy atom. The zero-order chi connectivity index (χ0) is 9.40. The highest BCUT2D eigenvalue weighted by molar-refractivity contribution is 5.89. The highest BCUT2D eigenvalue weighted by Crippen LogP contribution is 1.75. The molecule has 0 aromatic carbocycles. The molecule has 0 radical (unpaired) electrons. The van der Waals surface area contributed by atoms with Gasteiger partial charge in [-0.2, -0.15) is 0 Å². The first-order valence-electron chi connectivity index (χ1n) is 3.50. The summed E-state index contributed by atoms with van der Waals surface area (Å²) in [6, 6.07) is 0. The third-order valence-corrected chi connectivity index (χ3v) is 0.945. The van der Waals surface area contributed by atoms with Crippen molar-refractivity contribution in [3.8, 4) is 0 Å². The van der Waals surface area contributed by atoms with Crippen molar-refractivity contribution >= 4 is 11.9 Å². The molecule has 0 aliphatic carbocycles. The Kier molecular flexibility index (Phi) is 5.39. The van der Waals surface area contributed by atoms with E-state index in [-0.39, 0.29) is 6.54 Å². The van der Waals surface area contributed by atoms with Crippen LogP contribution in [0.15, 0.2) is 18.4 Å². The highest BCUT2D eigenvalue weighted by atomic mass is 16.5. The van der Waals surface area contributed by atoms with Gasteiger partial charge in [-0.05, 0) is 6.92 Å². The third kappa shape index (κ3) is 5.26. The second kappa shape index (κ2) is 6.19. The van der Waals surface area contributed by atoms with Crippen molar-refractivity contribution in [3.63, 3.8) is 0 Å². The molecule has 0 aromatic heterocycles. The quantitative estimate of drug-likeness (QED) is 0.366. The van der Waals surface area contributed by atoms with Gasteiger partial charge in [0.15, 0.2) is 0 Å². The number of carbonyl (C=O) groups is 2. The number of carbonyl (C=O) groups excluding carboxylic acids is 2. The van der Waals surface area contributed by atoms with Gasteiger partial charge in [-0.1, -0.05) is 6.58 Å². The molecule has 0 aromatic rings. The number of ether oxygens (including phenoxy) is 1. The molecule has 4 nitrogen and oxygen atoms in total. The van der Waals surface area contributed by atoms with Crippen molar-refractivity contribution in [1.29, 1.82) is 0 Å². The maximum atomic E-state index is 10.7. The topological polar surface area (TPSA) is 55.4 Å². The Balaban J connectivity index is 3.61. The van der Waals surface area contributed by atoms with Crippen molar-refractivity contribution in [2.24, 2.45) is 0 Å². The molecule has 0 aliphatic heterocycles. The van der Waals surface area contributed by atoms with Gasteiger partial charge in [-0.3, -0.25) is 9.59 Å². The van der Waals surface area contributed by atoms with Crippen LogP contribution in [0.5, 0.6) is 0 Å². The molecule has 0 aliphatic rings.